The number of rotatable bonds is 12. The van der Waals surface area contributed by atoms with Crippen LogP contribution in [0, 0.1) is 0 Å². The minimum atomic E-state index is -1.73. The normalized spacial score (nSPS) is 12.7. The molecule has 0 atom stereocenters. The average Bonchev–Trinajstić information content (AvgIpc) is 4.01. The standard InChI is InChI=1S/C42H44S8Si3/c1-9-27-11-13-29(43-27)31-15-17-33(45-31)35-19-21-37(47-35)39-23-25-41(49-39)51(3,4)53(7,8)52(5,6)42-26-24-40(50-42)38-22-20-36(48-38)34-18-16-32(46-34)30-14-12-28(10-2)44-30/h11-26H,9-10H2,1-8H3. The van der Waals surface area contributed by atoms with Crippen molar-refractivity contribution in [2.24, 2.45) is 0 Å². The summed E-state index contributed by atoms with van der Waals surface area (Å²) in [6, 6.07) is 37.7. The first-order valence-corrected chi connectivity index (χ1v) is 35.7. The van der Waals surface area contributed by atoms with Crippen LogP contribution in [-0.2, 0) is 12.8 Å². The third-order valence-corrected chi connectivity index (χ3v) is 66.7. The maximum absolute atomic E-state index is 2.74. The molecule has 0 amide bonds. The Morgan fingerprint density at radius 3 is 0.792 bits per heavy atom. The predicted molar refractivity (Wildman–Crippen MR) is 259 cm³/mol. The van der Waals surface area contributed by atoms with Gasteiger partial charge in [0.2, 0.25) is 0 Å². The Bertz CT molecular complexity index is 2330. The molecule has 0 aromatic carbocycles. The SMILES string of the molecule is CCc1ccc(-c2ccc(-c3ccc(-c4ccc([Si](C)(C)[Si](C)(C)[Si](C)(C)c5ccc(-c6ccc(-c7ccc(-c8ccc(CC)s8)s7)s6)s5)s4)s3)s2)s1. The molecular formula is C42H44S8Si3. The van der Waals surface area contributed by atoms with Crippen LogP contribution >= 0.6 is 90.7 Å². The van der Waals surface area contributed by atoms with Gasteiger partial charge < -0.3 is 0 Å². The minimum absolute atomic E-state index is 1.11. The van der Waals surface area contributed by atoms with Gasteiger partial charge in [0.15, 0.2) is 0 Å². The van der Waals surface area contributed by atoms with Crippen molar-refractivity contribution in [3.8, 4) is 58.5 Å². The second kappa shape index (κ2) is 15.0. The number of hydrogen-bond donors (Lipinski definition) is 0. The van der Waals surface area contributed by atoms with Gasteiger partial charge in [-0.25, -0.2) is 0 Å². The molecule has 11 heteroatoms. The molecule has 53 heavy (non-hydrogen) atoms. The van der Waals surface area contributed by atoms with Gasteiger partial charge in [0.05, 0.1) is 15.2 Å². The van der Waals surface area contributed by atoms with E-state index in [2.05, 4.69) is 173 Å². The fourth-order valence-corrected chi connectivity index (χ4v) is 53.8. The molecule has 0 aliphatic heterocycles. The largest absolute Gasteiger partial charge is 0.144 e. The third-order valence-electron chi connectivity index (χ3n) is 11.5. The average molecular weight is 890 g/mol. The zero-order valence-electron chi connectivity index (χ0n) is 31.4. The molecule has 8 rings (SSSR count). The van der Waals surface area contributed by atoms with Gasteiger partial charge in [0, 0.05) is 75.4 Å². The molecule has 272 valence electrons. The Morgan fingerprint density at radius 2 is 0.528 bits per heavy atom. The summed E-state index contributed by atoms with van der Waals surface area (Å²) in [7, 11) is -5.12. The van der Waals surface area contributed by atoms with Crippen LogP contribution in [0.1, 0.15) is 23.6 Å². The van der Waals surface area contributed by atoms with Gasteiger partial charge in [-0.1, -0.05) is 65.3 Å². The van der Waals surface area contributed by atoms with E-state index in [4.69, 9.17) is 0 Å². The van der Waals surface area contributed by atoms with Crippen molar-refractivity contribution in [3.63, 3.8) is 0 Å². The molecule has 0 saturated heterocycles. The van der Waals surface area contributed by atoms with E-state index in [1.54, 1.807) is 9.00 Å². The number of thiophene rings is 8. The van der Waals surface area contributed by atoms with Crippen LogP contribution < -0.4 is 9.00 Å². The molecule has 0 radical (unpaired) electrons. The van der Waals surface area contributed by atoms with Crippen LogP contribution in [0.4, 0.5) is 0 Å². The van der Waals surface area contributed by atoms with E-state index < -0.39 is 22.3 Å². The highest BCUT2D eigenvalue weighted by molar-refractivity contribution is 7.76. The van der Waals surface area contributed by atoms with E-state index in [-0.39, 0.29) is 0 Å². The first kappa shape index (κ1) is 38.1. The second-order valence-electron chi connectivity index (χ2n) is 15.1. The fraction of sp³-hybridized carbons (Fsp3) is 0.238. The van der Waals surface area contributed by atoms with Crippen LogP contribution in [-0.4, -0.2) is 22.3 Å². The number of aryl methyl sites for hydroxylation is 2. The maximum atomic E-state index is 2.74. The zero-order chi connectivity index (χ0) is 37.1. The van der Waals surface area contributed by atoms with Gasteiger partial charge in [-0.05, 0) is 107 Å². The van der Waals surface area contributed by atoms with Crippen molar-refractivity contribution in [2.75, 3.05) is 0 Å². The van der Waals surface area contributed by atoms with Crippen LogP contribution in [0.5, 0.6) is 0 Å². The van der Waals surface area contributed by atoms with E-state index in [1.165, 1.54) is 68.3 Å². The van der Waals surface area contributed by atoms with Gasteiger partial charge in [-0.2, -0.15) is 0 Å². The highest BCUT2D eigenvalue weighted by Crippen LogP contribution is 2.45. The van der Waals surface area contributed by atoms with Gasteiger partial charge >= 0.3 is 0 Å². The van der Waals surface area contributed by atoms with Gasteiger partial charge in [0.1, 0.15) is 0 Å². The van der Waals surface area contributed by atoms with Crippen LogP contribution in [0.2, 0.25) is 39.3 Å². The monoisotopic (exact) mass is 888 g/mol. The van der Waals surface area contributed by atoms with Crippen molar-refractivity contribution in [1.82, 2.24) is 0 Å². The van der Waals surface area contributed by atoms with E-state index in [9.17, 15) is 0 Å². The van der Waals surface area contributed by atoms with E-state index >= 15 is 0 Å². The first-order chi connectivity index (χ1) is 25.4. The van der Waals surface area contributed by atoms with Crippen molar-refractivity contribution in [1.29, 1.82) is 0 Å². The summed E-state index contributed by atoms with van der Waals surface area (Å²) < 4.78 is 3.37. The molecule has 8 aromatic heterocycles. The fourth-order valence-electron chi connectivity index (χ4n) is 6.82. The summed E-state index contributed by atoms with van der Waals surface area (Å²) in [5.41, 5.74) is 0. The van der Waals surface area contributed by atoms with Gasteiger partial charge in [-0.15, -0.1) is 90.7 Å². The van der Waals surface area contributed by atoms with Crippen molar-refractivity contribution >= 4 is 122 Å². The van der Waals surface area contributed by atoms with Gasteiger partial charge in [0.25, 0.3) is 0 Å². The molecule has 0 bridgehead atoms. The summed E-state index contributed by atoms with van der Waals surface area (Å²) in [6.07, 6.45) is 2.22. The minimum Gasteiger partial charge on any atom is -0.144 e. The molecule has 8 aromatic rings. The summed E-state index contributed by atoms with van der Waals surface area (Å²) in [6.45, 7) is 20.7. The number of hydrogen-bond acceptors (Lipinski definition) is 8. The van der Waals surface area contributed by atoms with E-state index in [1.807, 2.05) is 68.0 Å². The zero-order valence-corrected chi connectivity index (χ0v) is 40.9. The Balaban J connectivity index is 0.986. The Morgan fingerprint density at radius 1 is 0.302 bits per heavy atom. The topological polar surface area (TPSA) is 0 Å². The molecule has 0 spiro atoms. The van der Waals surface area contributed by atoms with Crippen LogP contribution in [0.15, 0.2) is 97.1 Å². The lowest BCUT2D eigenvalue weighted by Gasteiger charge is -2.47. The molecule has 0 aliphatic rings. The summed E-state index contributed by atoms with van der Waals surface area (Å²) in [4.78, 5) is 19.7. The summed E-state index contributed by atoms with van der Waals surface area (Å²) in [5, 5.41) is 0. The highest BCUT2D eigenvalue weighted by Gasteiger charge is 2.55. The third kappa shape index (κ3) is 7.11. The highest BCUT2D eigenvalue weighted by atomic mass is 32.1. The smallest absolute Gasteiger partial charge is 0.0844 e. The van der Waals surface area contributed by atoms with Gasteiger partial charge in [-0.3, -0.25) is 0 Å². The summed E-state index contributed by atoms with van der Waals surface area (Å²) in [5.74, 6) is 0. The van der Waals surface area contributed by atoms with Crippen molar-refractivity contribution in [2.45, 2.75) is 66.0 Å². The van der Waals surface area contributed by atoms with E-state index in [0.29, 0.717) is 0 Å². The Kier molecular flexibility index (Phi) is 10.8. The Labute approximate surface area is 349 Å². The second-order valence-corrected chi connectivity index (χ2v) is 52.0. The van der Waals surface area contributed by atoms with Crippen molar-refractivity contribution < 1.29 is 0 Å². The molecular weight excluding hydrogens is 845 g/mol. The predicted octanol–water partition coefficient (Wildman–Crippen LogP) is 15.7. The molecule has 0 aliphatic carbocycles. The quantitative estimate of drug-likeness (QED) is 0.107. The molecule has 8 heterocycles. The lowest BCUT2D eigenvalue weighted by molar-refractivity contribution is 1.19. The molecule has 0 nitrogen and oxygen atoms in total. The summed E-state index contributed by atoms with van der Waals surface area (Å²) >= 11 is 15.8. The molecule has 0 N–H and O–H groups in total. The van der Waals surface area contributed by atoms with E-state index in [0.717, 1.165) is 12.8 Å². The lowest BCUT2D eigenvalue weighted by Crippen LogP contribution is -2.77. The van der Waals surface area contributed by atoms with Crippen molar-refractivity contribution in [3.05, 3.63) is 107 Å². The Hall–Kier alpha value is -1.75. The molecule has 0 saturated carbocycles. The molecule has 0 fully saturated rings. The first-order valence-electron chi connectivity index (χ1n) is 18.2. The van der Waals surface area contributed by atoms with Crippen LogP contribution in [0.25, 0.3) is 58.5 Å². The molecule has 0 unspecified atom stereocenters. The lowest BCUT2D eigenvalue weighted by atomic mass is 10.3. The van der Waals surface area contributed by atoms with Crippen LogP contribution in [0.3, 0.4) is 0 Å². The maximum Gasteiger partial charge on any atom is 0.0844 e.